The highest BCUT2D eigenvalue weighted by Crippen LogP contribution is 2.28. The second-order valence-corrected chi connectivity index (χ2v) is 6.03. The van der Waals surface area contributed by atoms with E-state index in [9.17, 15) is 4.79 Å². The number of carbonyl (C=O) groups is 1. The summed E-state index contributed by atoms with van der Waals surface area (Å²) < 4.78 is 11.4. The molecule has 1 saturated heterocycles. The minimum atomic E-state index is 0.0319. The van der Waals surface area contributed by atoms with Crippen LogP contribution < -0.4 is 15.4 Å². The molecule has 1 aliphatic heterocycles. The summed E-state index contributed by atoms with van der Waals surface area (Å²) in [6.45, 7) is 1.96. The van der Waals surface area contributed by atoms with Crippen LogP contribution in [-0.2, 0) is 9.53 Å². The summed E-state index contributed by atoms with van der Waals surface area (Å²) in [6.07, 6.45) is 2.70. The van der Waals surface area contributed by atoms with Crippen LogP contribution in [-0.4, -0.2) is 31.7 Å². The number of anilines is 1. The highest BCUT2D eigenvalue weighted by Gasteiger charge is 2.16. The lowest BCUT2D eigenvalue weighted by Gasteiger charge is -2.14. The van der Waals surface area contributed by atoms with E-state index in [-0.39, 0.29) is 12.0 Å². The van der Waals surface area contributed by atoms with Gasteiger partial charge >= 0.3 is 0 Å². The third-order valence-electron chi connectivity index (χ3n) is 4.08. The van der Waals surface area contributed by atoms with Crippen molar-refractivity contribution in [1.29, 1.82) is 0 Å². The summed E-state index contributed by atoms with van der Waals surface area (Å²) in [4.78, 5) is 11.9. The van der Waals surface area contributed by atoms with Gasteiger partial charge in [0.05, 0.1) is 11.8 Å². The highest BCUT2D eigenvalue weighted by atomic mass is 16.5. The van der Waals surface area contributed by atoms with Crippen molar-refractivity contribution < 1.29 is 14.3 Å². The van der Waals surface area contributed by atoms with Gasteiger partial charge < -0.3 is 20.1 Å². The second kappa shape index (κ2) is 9.08. The predicted molar refractivity (Wildman–Crippen MR) is 98.0 cm³/mol. The smallest absolute Gasteiger partial charge is 0.221 e. The molecule has 0 bridgehead atoms. The van der Waals surface area contributed by atoms with Crippen molar-refractivity contribution in [3.8, 4) is 11.5 Å². The Bertz CT molecular complexity index is 670. The fraction of sp³-hybridized carbons (Fsp3) is 0.350. The number of hydrogen-bond donors (Lipinski definition) is 2. The fourth-order valence-corrected chi connectivity index (χ4v) is 2.75. The van der Waals surface area contributed by atoms with Crippen molar-refractivity contribution in [2.24, 2.45) is 0 Å². The SMILES string of the molecule is O=C(CCNc1ccccc1Oc1ccccc1)NCC1CCCO1. The molecule has 5 heteroatoms. The Hall–Kier alpha value is -2.53. The van der Waals surface area contributed by atoms with Crippen LogP contribution in [0.3, 0.4) is 0 Å². The van der Waals surface area contributed by atoms with Crippen molar-refractivity contribution in [3.63, 3.8) is 0 Å². The van der Waals surface area contributed by atoms with Gasteiger partial charge in [0.1, 0.15) is 5.75 Å². The van der Waals surface area contributed by atoms with Crippen LogP contribution in [0.5, 0.6) is 11.5 Å². The number of nitrogens with one attached hydrogen (secondary N) is 2. The highest BCUT2D eigenvalue weighted by molar-refractivity contribution is 5.76. The predicted octanol–water partition coefficient (Wildman–Crippen LogP) is 3.58. The molecule has 0 spiro atoms. The first-order valence-corrected chi connectivity index (χ1v) is 8.75. The number of carbonyl (C=O) groups excluding carboxylic acids is 1. The average molecular weight is 340 g/mol. The van der Waals surface area contributed by atoms with Crippen LogP contribution >= 0.6 is 0 Å². The van der Waals surface area contributed by atoms with Gasteiger partial charge in [-0.05, 0) is 37.1 Å². The normalized spacial score (nSPS) is 16.4. The van der Waals surface area contributed by atoms with E-state index in [1.807, 2.05) is 54.6 Å². The molecule has 132 valence electrons. The molecule has 1 heterocycles. The summed E-state index contributed by atoms with van der Waals surface area (Å²) in [5, 5.41) is 6.21. The quantitative estimate of drug-likeness (QED) is 0.771. The van der Waals surface area contributed by atoms with E-state index >= 15 is 0 Å². The molecule has 1 amide bonds. The molecule has 1 atom stereocenters. The molecule has 1 unspecified atom stereocenters. The van der Waals surface area contributed by atoms with Gasteiger partial charge in [0.2, 0.25) is 5.91 Å². The van der Waals surface area contributed by atoms with Gasteiger partial charge in [-0.15, -0.1) is 0 Å². The van der Waals surface area contributed by atoms with Gasteiger partial charge in [0.15, 0.2) is 5.75 Å². The number of ether oxygens (including phenoxy) is 2. The Morgan fingerprint density at radius 1 is 1.12 bits per heavy atom. The zero-order chi connectivity index (χ0) is 17.3. The van der Waals surface area contributed by atoms with Crippen LogP contribution in [0.15, 0.2) is 54.6 Å². The first-order chi connectivity index (χ1) is 12.3. The summed E-state index contributed by atoms with van der Waals surface area (Å²) in [5.41, 5.74) is 0.873. The van der Waals surface area contributed by atoms with Gasteiger partial charge in [0, 0.05) is 26.1 Å². The maximum Gasteiger partial charge on any atom is 0.221 e. The summed E-state index contributed by atoms with van der Waals surface area (Å²) in [6, 6.07) is 17.4. The first kappa shape index (κ1) is 17.3. The van der Waals surface area contributed by atoms with Crippen molar-refractivity contribution >= 4 is 11.6 Å². The minimum absolute atomic E-state index is 0.0319. The fourth-order valence-electron chi connectivity index (χ4n) is 2.75. The summed E-state index contributed by atoms with van der Waals surface area (Å²) in [7, 11) is 0. The Morgan fingerprint density at radius 3 is 2.72 bits per heavy atom. The van der Waals surface area contributed by atoms with Gasteiger partial charge in [-0.3, -0.25) is 4.79 Å². The van der Waals surface area contributed by atoms with Crippen LogP contribution in [0.25, 0.3) is 0 Å². The van der Waals surface area contributed by atoms with Crippen molar-refractivity contribution in [2.45, 2.75) is 25.4 Å². The third kappa shape index (κ3) is 5.50. The lowest BCUT2D eigenvalue weighted by molar-refractivity contribution is -0.121. The zero-order valence-corrected chi connectivity index (χ0v) is 14.2. The Labute approximate surface area is 148 Å². The molecule has 5 nitrogen and oxygen atoms in total. The summed E-state index contributed by atoms with van der Waals surface area (Å²) >= 11 is 0. The minimum Gasteiger partial charge on any atom is -0.455 e. The molecule has 3 rings (SSSR count). The zero-order valence-electron chi connectivity index (χ0n) is 14.2. The average Bonchev–Trinajstić information content (AvgIpc) is 3.16. The molecule has 1 aliphatic rings. The van der Waals surface area contributed by atoms with E-state index in [4.69, 9.17) is 9.47 Å². The Kier molecular flexibility index (Phi) is 6.29. The molecule has 0 aliphatic carbocycles. The Balaban J connectivity index is 1.45. The molecule has 2 aromatic rings. The standard InChI is InChI=1S/C20H24N2O3/c23-20(22-15-17-9-6-14-24-17)12-13-21-18-10-4-5-11-19(18)25-16-7-2-1-3-8-16/h1-5,7-8,10-11,17,21H,6,9,12-15H2,(H,22,23). The lowest BCUT2D eigenvalue weighted by atomic mass is 10.2. The maximum absolute atomic E-state index is 11.9. The second-order valence-electron chi connectivity index (χ2n) is 6.03. The van der Waals surface area contributed by atoms with E-state index < -0.39 is 0 Å². The topological polar surface area (TPSA) is 59.6 Å². The molecule has 2 aromatic carbocycles. The number of amides is 1. The van der Waals surface area contributed by atoms with E-state index in [1.165, 1.54) is 0 Å². The van der Waals surface area contributed by atoms with Crippen LogP contribution in [0.4, 0.5) is 5.69 Å². The van der Waals surface area contributed by atoms with E-state index in [0.29, 0.717) is 19.5 Å². The van der Waals surface area contributed by atoms with Crippen molar-refractivity contribution in [3.05, 3.63) is 54.6 Å². The van der Waals surface area contributed by atoms with Crippen molar-refractivity contribution in [2.75, 3.05) is 25.0 Å². The Morgan fingerprint density at radius 2 is 1.92 bits per heavy atom. The number of para-hydroxylation sites is 3. The maximum atomic E-state index is 11.9. The van der Waals surface area contributed by atoms with Gasteiger partial charge in [-0.2, -0.15) is 0 Å². The lowest BCUT2D eigenvalue weighted by Crippen LogP contribution is -2.32. The number of rotatable bonds is 8. The molecule has 0 aromatic heterocycles. The van der Waals surface area contributed by atoms with E-state index in [1.54, 1.807) is 0 Å². The molecular weight excluding hydrogens is 316 g/mol. The number of benzene rings is 2. The molecule has 25 heavy (non-hydrogen) atoms. The van der Waals surface area contributed by atoms with Gasteiger partial charge in [-0.25, -0.2) is 0 Å². The van der Waals surface area contributed by atoms with E-state index in [0.717, 1.165) is 36.6 Å². The van der Waals surface area contributed by atoms with Crippen LogP contribution in [0, 0.1) is 0 Å². The van der Waals surface area contributed by atoms with Crippen molar-refractivity contribution in [1.82, 2.24) is 5.32 Å². The molecule has 2 N–H and O–H groups in total. The van der Waals surface area contributed by atoms with Gasteiger partial charge in [0.25, 0.3) is 0 Å². The monoisotopic (exact) mass is 340 g/mol. The first-order valence-electron chi connectivity index (χ1n) is 8.75. The largest absolute Gasteiger partial charge is 0.455 e. The third-order valence-corrected chi connectivity index (χ3v) is 4.08. The molecule has 0 radical (unpaired) electrons. The van der Waals surface area contributed by atoms with Gasteiger partial charge in [-0.1, -0.05) is 30.3 Å². The molecule has 0 saturated carbocycles. The van der Waals surface area contributed by atoms with E-state index in [2.05, 4.69) is 10.6 Å². The van der Waals surface area contributed by atoms with Crippen LogP contribution in [0.1, 0.15) is 19.3 Å². The molecule has 1 fully saturated rings. The summed E-state index contributed by atoms with van der Waals surface area (Å²) in [5.74, 6) is 1.56. The molecular formula is C20H24N2O3. The van der Waals surface area contributed by atoms with Crippen LogP contribution in [0.2, 0.25) is 0 Å². The number of hydrogen-bond acceptors (Lipinski definition) is 4.